The number of carbonyl (C=O) groups excluding carboxylic acids is 3. The van der Waals surface area contributed by atoms with Gasteiger partial charge in [-0.25, -0.2) is 0 Å². The molecule has 3 saturated heterocycles. The molecule has 8 nitrogen and oxygen atoms in total. The van der Waals surface area contributed by atoms with Crippen molar-refractivity contribution in [3.05, 3.63) is 54.6 Å². The standard InChI is InChI=1S/C31H40N4O4S/c1-5-22(19-36)35-26(28(38)33-21-13-15-23(16-14-21)34(6-2)7-3)31-18-17-30(4,40-31)24(25(31)29(35)39)27(37)32-20-11-9-8-10-12-20/h8-16,22,24-26,36H,5-7,17-19H2,1-4H3,(H,32,37)(H,33,38)/t22-,24+,25-,26?,30-,31?/m0/s1. The lowest BCUT2D eigenvalue weighted by atomic mass is 9.66. The van der Waals surface area contributed by atoms with Crippen molar-refractivity contribution in [3.63, 3.8) is 0 Å². The van der Waals surface area contributed by atoms with Crippen LogP contribution in [0, 0.1) is 11.8 Å². The Hall–Kier alpha value is -3.04. The molecule has 5 rings (SSSR count). The first-order valence-electron chi connectivity index (χ1n) is 14.4. The first-order chi connectivity index (χ1) is 19.2. The van der Waals surface area contributed by atoms with Crippen LogP contribution in [0.5, 0.6) is 0 Å². The summed E-state index contributed by atoms with van der Waals surface area (Å²) < 4.78 is -1.20. The van der Waals surface area contributed by atoms with E-state index < -0.39 is 33.4 Å². The highest BCUT2D eigenvalue weighted by Crippen LogP contribution is 2.71. The van der Waals surface area contributed by atoms with Crippen molar-refractivity contribution in [3.8, 4) is 0 Å². The quantitative estimate of drug-likeness (QED) is 0.396. The first-order valence-corrected chi connectivity index (χ1v) is 15.2. The van der Waals surface area contributed by atoms with Crippen LogP contribution in [0.2, 0.25) is 0 Å². The topological polar surface area (TPSA) is 102 Å². The van der Waals surface area contributed by atoms with Crippen LogP contribution >= 0.6 is 11.8 Å². The maximum Gasteiger partial charge on any atom is 0.248 e. The summed E-state index contributed by atoms with van der Waals surface area (Å²) in [5.74, 6) is -1.88. The average molecular weight is 565 g/mol. The van der Waals surface area contributed by atoms with Crippen LogP contribution < -0.4 is 15.5 Å². The summed E-state index contributed by atoms with van der Waals surface area (Å²) in [4.78, 5) is 46.0. The zero-order valence-electron chi connectivity index (χ0n) is 23.7. The van der Waals surface area contributed by atoms with E-state index in [4.69, 9.17) is 0 Å². The number of likely N-dealkylation sites (tertiary alicyclic amines) is 1. The first kappa shape index (κ1) is 28.5. The van der Waals surface area contributed by atoms with E-state index in [0.717, 1.165) is 25.2 Å². The fraction of sp³-hybridized carbons (Fsp3) is 0.516. The van der Waals surface area contributed by atoms with Gasteiger partial charge in [-0.2, -0.15) is 0 Å². The van der Waals surface area contributed by atoms with Crippen molar-refractivity contribution < 1.29 is 19.5 Å². The molecule has 40 heavy (non-hydrogen) atoms. The van der Waals surface area contributed by atoms with Crippen LogP contribution in [0.4, 0.5) is 17.1 Å². The van der Waals surface area contributed by atoms with E-state index in [9.17, 15) is 19.5 Å². The lowest BCUT2D eigenvalue weighted by Gasteiger charge is -2.36. The molecule has 6 atom stereocenters. The summed E-state index contributed by atoms with van der Waals surface area (Å²) in [7, 11) is 0. The number of carbonyl (C=O) groups is 3. The Labute approximate surface area is 240 Å². The molecule has 2 bridgehead atoms. The molecular weight excluding hydrogens is 524 g/mol. The zero-order chi connectivity index (χ0) is 28.7. The Morgan fingerprint density at radius 1 is 1.00 bits per heavy atom. The molecule has 0 aromatic heterocycles. The van der Waals surface area contributed by atoms with Gasteiger partial charge in [0.05, 0.1) is 29.2 Å². The van der Waals surface area contributed by atoms with Gasteiger partial charge in [0.1, 0.15) is 6.04 Å². The monoisotopic (exact) mass is 564 g/mol. The number of hydrogen-bond donors (Lipinski definition) is 3. The molecule has 3 aliphatic rings. The minimum atomic E-state index is -0.786. The largest absolute Gasteiger partial charge is 0.394 e. The zero-order valence-corrected chi connectivity index (χ0v) is 24.5. The molecule has 3 heterocycles. The van der Waals surface area contributed by atoms with Crippen molar-refractivity contribution in [2.24, 2.45) is 11.8 Å². The van der Waals surface area contributed by atoms with Crippen LogP contribution in [0.3, 0.4) is 0 Å². The van der Waals surface area contributed by atoms with Gasteiger partial charge in [-0.1, -0.05) is 25.1 Å². The Balaban J connectivity index is 1.48. The van der Waals surface area contributed by atoms with E-state index in [1.807, 2.05) is 61.5 Å². The van der Waals surface area contributed by atoms with E-state index in [0.29, 0.717) is 24.2 Å². The second-order valence-corrected chi connectivity index (χ2v) is 13.2. The van der Waals surface area contributed by atoms with Gasteiger partial charge in [-0.15, -0.1) is 11.8 Å². The highest BCUT2D eigenvalue weighted by Gasteiger charge is 2.77. The van der Waals surface area contributed by atoms with Crippen LogP contribution in [-0.4, -0.2) is 69.0 Å². The normalized spacial score (nSPS) is 29.3. The highest BCUT2D eigenvalue weighted by molar-refractivity contribution is 8.02. The molecule has 2 unspecified atom stereocenters. The fourth-order valence-corrected chi connectivity index (χ4v) is 9.51. The van der Waals surface area contributed by atoms with Crippen LogP contribution in [0.1, 0.15) is 47.0 Å². The van der Waals surface area contributed by atoms with E-state index in [1.165, 1.54) is 0 Å². The lowest BCUT2D eigenvalue weighted by Crippen LogP contribution is -2.54. The second-order valence-electron chi connectivity index (χ2n) is 11.3. The highest BCUT2D eigenvalue weighted by atomic mass is 32.2. The number of aliphatic hydroxyl groups excluding tert-OH is 1. The fourth-order valence-electron chi connectivity index (χ4n) is 7.17. The Morgan fingerprint density at radius 3 is 2.23 bits per heavy atom. The molecule has 9 heteroatoms. The molecule has 1 spiro atoms. The van der Waals surface area contributed by atoms with Crippen LogP contribution in [0.15, 0.2) is 54.6 Å². The molecule has 3 N–H and O–H groups in total. The van der Waals surface area contributed by atoms with E-state index >= 15 is 0 Å². The molecule has 0 saturated carbocycles. The number of fused-ring (bicyclic) bond motifs is 1. The number of anilines is 3. The molecule has 3 fully saturated rings. The van der Waals surface area contributed by atoms with Gasteiger partial charge in [0.2, 0.25) is 17.7 Å². The third-order valence-corrected chi connectivity index (χ3v) is 11.1. The van der Waals surface area contributed by atoms with Gasteiger partial charge in [0.15, 0.2) is 0 Å². The molecule has 0 radical (unpaired) electrons. The predicted molar refractivity (Wildman–Crippen MR) is 160 cm³/mol. The number of nitrogens with one attached hydrogen (secondary N) is 2. The Bertz CT molecular complexity index is 1250. The smallest absolute Gasteiger partial charge is 0.248 e. The number of thioether (sulfide) groups is 1. The second kappa shape index (κ2) is 11.1. The summed E-state index contributed by atoms with van der Waals surface area (Å²) >= 11 is 1.63. The van der Waals surface area contributed by atoms with E-state index in [2.05, 4.69) is 36.3 Å². The van der Waals surface area contributed by atoms with Gasteiger partial charge >= 0.3 is 0 Å². The van der Waals surface area contributed by atoms with Gasteiger partial charge in [0, 0.05) is 34.9 Å². The Kier molecular flexibility index (Phi) is 7.90. The number of nitrogens with zero attached hydrogens (tertiary/aromatic N) is 2. The minimum Gasteiger partial charge on any atom is -0.394 e. The van der Waals surface area contributed by atoms with Crippen molar-refractivity contribution >= 4 is 46.5 Å². The van der Waals surface area contributed by atoms with Crippen molar-refractivity contribution in [2.75, 3.05) is 35.2 Å². The molecule has 2 aromatic rings. The third kappa shape index (κ3) is 4.57. The maximum absolute atomic E-state index is 14.2. The molecule has 3 aliphatic heterocycles. The number of aliphatic hydroxyl groups is 1. The lowest BCUT2D eigenvalue weighted by molar-refractivity contribution is -0.141. The summed E-state index contributed by atoms with van der Waals surface area (Å²) in [6.45, 7) is 9.71. The van der Waals surface area contributed by atoms with Crippen LogP contribution in [-0.2, 0) is 14.4 Å². The van der Waals surface area contributed by atoms with Crippen LogP contribution in [0.25, 0.3) is 0 Å². The SMILES string of the molecule is CC[C@@H](CO)N1C(=O)[C@@H]2[C@H](C(=O)Nc3ccccc3)[C@]3(C)CCC2(S3)C1C(=O)Nc1ccc(N(CC)CC)cc1. The van der Waals surface area contributed by atoms with E-state index in [-0.39, 0.29) is 24.3 Å². The number of amides is 3. The van der Waals surface area contributed by atoms with Gasteiger partial charge < -0.3 is 25.5 Å². The van der Waals surface area contributed by atoms with Crippen molar-refractivity contribution in [1.29, 1.82) is 0 Å². The summed E-state index contributed by atoms with van der Waals surface area (Å²) in [6.07, 6.45) is 1.91. The Morgan fingerprint density at radius 2 is 1.62 bits per heavy atom. The summed E-state index contributed by atoms with van der Waals surface area (Å²) in [6, 6.07) is 15.7. The van der Waals surface area contributed by atoms with Crippen molar-refractivity contribution in [1.82, 2.24) is 4.90 Å². The summed E-state index contributed by atoms with van der Waals surface area (Å²) in [5, 5.41) is 16.4. The predicted octanol–water partition coefficient (Wildman–Crippen LogP) is 4.36. The average Bonchev–Trinajstić information content (AvgIpc) is 3.52. The molecule has 214 valence electrons. The van der Waals surface area contributed by atoms with Gasteiger partial charge in [-0.05, 0) is 76.4 Å². The number of hydrogen-bond acceptors (Lipinski definition) is 6. The van der Waals surface area contributed by atoms with Crippen molar-refractivity contribution in [2.45, 2.75) is 68.5 Å². The minimum absolute atomic E-state index is 0.189. The van der Waals surface area contributed by atoms with Gasteiger partial charge in [-0.3, -0.25) is 14.4 Å². The van der Waals surface area contributed by atoms with E-state index in [1.54, 1.807) is 16.7 Å². The third-order valence-electron chi connectivity index (χ3n) is 9.13. The number of para-hydroxylation sites is 1. The number of rotatable bonds is 10. The molecule has 0 aliphatic carbocycles. The molecule has 2 aromatic carbocycles. The molecule has 3 amide bonds. The number of benzene rings is 2. The summed E-state index contributed by atoms with van der Waals surface area (Å²) in [5.41, 5.74) is 2.42. The molecular formula is C31H40N4O4S. The van der Waals surface area contributed by atoms with Gasteiger partial charge in [0.25, 0.3) is 0 Å². The maximum atomic E-state index is 14.2.